The average Bonchev–Trinajstić information content (AvgIpc) is 3.38. The van der Waals surface area contributed by atoms with Crippen LogP contribution in [0, 0.1) is 11.8 Å². The molecule has 5 rings (SSSR count). The molecule has 0 radical (unpaired) electrons. The summed E-state index contributed by atoms with van der Waals surface area (Å²) in [5, 5.41) is 11.3. The fraction of sp³-hybridized carbons (Fsp3) is 0.455. The van der Waals surface area contributed by atoms with Gasteiger partial charge in [-0.2, -0.15) is 0 Å². The number of methoxy groups -OCH3 is 2. The summed E-state index contributed by atoms with van der Waals surface area (Å²) in [4.78, 5) is 0. The largest absolute Gasteiger partial charge is 0.492 e. The van der Waals surface area contributed by atoms with Crippen LogP contribution in [0.2, 0.25) is 0 Å². The van der Waals surface area contributed by atoms with Crippen molar-refractivity contribution >= 4 is 0 Å². The SMILES string of the molecule is COc1c2c(cc3c1-c1c(cc4c(c1OC)OCO4)C(O)C(C)C(C)C3)OCO2. The number of benzene rings is 2. The zero-order chi connectivity index (χ0) is 20.3. The average molecular weight is 400 g/mol. The van der Waals surface area contributed by atoms with Crippen molar-refractivity contribution in [3.63, 3.8) is 0 Å². The third-order valence-electron chi connectivity index (χ3n) is 6.27. The first-order valence-corrected chi connectivity index (χ1v) is 9.73. The molecule has 0 saturated carbocycles. The Morgan fingerprint density at radius 3 is 2.07 bits per heavy atom. The van der Waals surface area contributed by atoms with Gasteiger partial charge in [-0.05, 0) is 41.5 Å². The summed E-state index contributed by atoms with van der Waals surface area (Å²) in [5.74, 6) is 3.67. The lowest BCUT2D eigenvalue weighted by Crippen LogP contribution is -2.22. The molecule has 3 unspecified atom stereocenters. The summed E-state index contributed by atoms with van der Waals surface area (Å²) in [6.45, 7) is 4.46. The lowest BCUT2D eigenvalue weighted by atomic mass is 9.76. The summed E-state index contributed by atoms with van der Waals surface area (Å²) in [7, 11) is 3.20. The number of ether oxygens (including phenoxy) is 6. The van der Waals surface area contributed by atoms with Crippen LogP contribution in [-0.4, -0.2) is 32.9 Å². The van der Waals surface area contributed by atoms with Gasteiger partial charge in [0.15, 0.2) is 23.0 Å². The monoisotopic (exact) mass is 400 g/mol. The first-order valence-electron chi connectivity index (χ1n) is 9.73. The molecule has 2 aromatic carbocycles. The molecule has 0 saturated heterocycles. The van der Waals surface area contributed by atoms with Gasteiger partial charge in [-0.3, -0.25) is 0 Å². The molecule has 29 heavy (non-hydrogen) atoms. The topological polar surface area (TPSA) is 75.6 Å². The van der Waals surface area contributed by atoms with Crippen LogP contribution < -0.4 is 28.4 Å². The molecule has 1 aliphatic carbocycles. The maximum absolute atomic E-state index is 11.3. The third-order valence-corrected chi connectivity index (χ3v) is 6.27. The molecular formula is C22H24O7. The Hall–Kier alpha value is -2.80. The summed E-state index contributed by atoms with van der Waals surface area (Å²) in [6.07, 6.45) is 0.0455. The van der Waals surface area contributed by atoms with E-state index in [4.69, 9.17) is 28.4 Å². The van der Waals surface area contributed by atoms with E-state index in [1.54, 1.807) is 14.2 Å². The van der Waals surface area contributed by atoms with Crippen molar-refractivity contribution in [1.29, 1.82) is 0 Å². The van der Waals surface area contributed by atoms with Crippen LogP contribution in [0.1, 0.15) is 31.1 Å². The van der Waals surface area contributed by atoms with Crippen molar-refractivity contribution in [3.05, 3.63) is 23.3 Å². The fourth-order valence-corrected chi connectivity index (χ4v) is 4.54. The zero-order valence-corrected chi connectivity index (χ0v) is 16.9. The highest BCUT2D eigenvalue weighted by Crippen LogP contribution is 2.58. The zero-order valence-electron chi connectivity index (χ0n) is 16.9. The molecule has 0 fully saturated rings. The van der Waals surface area contributed by atoms with Crippen molar-refractivity contribution in [2.75, 3.05) is 27.8 Å². The second-order valence-corrected chi connectivity index (χ2v) is 7.77. The second-order valence-electron chi connectivity index (χ2n) is 7.77. The maximum Gasteiger partial charge on any atom is 0.231 e. The molecule has 154 valence electrons. The van der Waals surface area contributed by atoms with Crippen LogP contribution in [0.15, 0.2) is 12.1 Å². The highest BCUT2D eigenvalue weighted by Gasteiger charge is 2.38. The van der Waals surface area contributed by atoms with E-state index >= 15 is 0 Å². The summed E-state index contributed by atoms with van der Waals surface area (Å²) in [5.41, 5.74) is 3.35. The van der Waals surface area contributed by atoms with Crippen molar-refractivity contribution in [3.8, 4) is 45.6 Å². The molecule has 0 bridgehead atoms. The van der Waals surface area contributed by atoms with Crippen molar-refractivity contribution in [2.45, 2.75) is 26.4 Å². The van der Waals surface area contributed by atoms with E-state index < -0.39 is 6.10 Å². The Labute approximate surface area is 169 Å². The molecule has 0 spiro atoms. The van der Waals surface area contributed by atoms with E-state index in [1.165, 1.54) is 0 Å². The summed E-state index contributed by atoms with van der Waals surface area (Å²) >= 11 is 0. The summed E-state index contributed by atoms with van der Waals surface area (Å²) in [6, 6.07) is 3.86. The smallest absolute Gasteiger partial charge is 0.231 e. The minimum absolute atomic E-state index is 0.0170. The van der Waals surface area contributed by atoms with Crippen molar-refractivity contribution in [1.82, 2.24) is 0 Å². The Balaban J connectivity index is 1.90. The number of aliphatic hydroxyl groups excluding tert-OH is 1. The van der Waals surface area contributed by atoms with Crippen LogP contribution in [-0.2, 0) is 6.42 Å². The molecule has 0 aromatic heterocycles. The predicted molar refractivity (Wildman–Crippen MR) is 104 cm³/mol. The number of aliphatic hydroxyl groups is 1. The Morgan fingerprint density at radius 1 is 0.862 bits per heavy atom. The molecule has 1 N–H and O–H groups in total. The van der Waals surface area contributed by atoms with Crippen molar-refractivity contribution in [2.24, 2.45) is 11.8 Å². The number of hydrogen-bond acceptors (Lipinski definition) is 7. The first-order chi connectivity index (χ1) is 14.0. The molecule has 3 aliphatic rings. The molecular weight excluding hydrogens is 376 g/mol. The molecule has 7 nitrogen and oxygen atoms in total. The van der Waals surface area contributed by atoms with Crippen LogP contribution in [0.3, 0.4) is 0 Å². The second kappa shape index (κ2) is 6.62. The molecule has 2 aliphatic heterocycles. The van der Waals surface area contributed by atoms with E-state index in [1.807, 2.05) is 12.1 Å². The Morgan fingerprint density at radius 2 is 1.45 bits per heavy atom. The molecule has 2 aromatic rings. The molecule has 7 heteroatoms. The highest BCUT2D eigenvalue weighted by molar-refractivity contribution is 5.89. The Bertz CT molecular complexity index is 984. The quantitative estimate of drug-likeness (QED) is 0.824. The van der Waals surface area contributed by atoms with Gasteiger partial charge in [0, 0.05) is 11.1 Å². The first kappa shape index (κ1) is 18.2. The Kier molecular flexibility index (Phi) is 4.17. The van der Waals surface area contributed by atoms with Gasteiger partial charge in [0.25, 0.3) is 0 Å². The van der Waals surface area contributed by atoms with Crippen molar-refractivity contribution < 1.29 is 33.5 Å². The van der Waals surface area contributed by atoms with E-state index in [9.17, 15) is 5.11 Å². The van der Waals surface area contributed by atoms with Gasteiger partial charge < -0.3 is 33.5 Å². The maximum atomic E-state index is 11.3. The van der Waals surface area contributed by atoms with E-state index in [0.29, 0.717) is 34.5 Å². The lowest BCUT2D eigenvalue weighted by molar-refractivity contribution is 0.0864. The lowest BCUT2D eigenvalue weighted by Gasteiger charge is -2.32. The van der Waals surface area contributed by atoms with Crippen LogP contribution in [0.4, 0.5) is 0 Å². The van der Waals surface area contributed by atoms with Crippen LogP contribution in [0.5, 0.6) is 34.5 Å². The third kappa shape index (κ3) is 2.53. The van der Waals surface area contributed by atoms with Gasteiger partial charge in [0.05, 0.1) is 20.3 Å². The number of fused-ring (bicyclic) bond motifs is 5. The van der Waals surface area contributed by atoms with E-state index in [0.717, 1.165) is 28.7 Å². The normalized spacial score (nSPS) is 23.7. The predicted octanol–water partition coefficient (Wildman–Crippen LogP) is 3.69. The minimum atomic E-state index is -0.702. The highest BCUT2D eigenvalue weighted by atomic mass is 16.7. The van der Waals surface area contributed by atoms with Gasteiger partial charge in [-0.25, -0.2) is 0 Å². The van der Waals surface area contributed by atoms with Crippen LogP contribution >= 0.6 is 0 Å². The number of hydrogen-bond donors (Lipinski definition) is 1. The van der Waals surface area contributed by atoms with Gasteiger partial charge >= 0.3 is 0 Å². The van der Waals surface area contributed by atoms with Gasteiger partial charge in [0.2, 0.25) is 25.1 Å². The van der Waals surface area contributed by atoms with E-state index in [2.05, 4.69) is 13.8 Å². The standard InChI is InChI=1S/C22H24O7/c1-10-5-12-6-14-19(28-8-26-14)21(24-3)16(12)17-13(18(23)11(10)2)7-15-20(22(17)25-4)29-9-27-15/h6-7,10-11,18,23H,5,8-9H2,1-4H3. The minimum Gasteiger partial charge on any atom is -0.492 e. The molecule has 3 atom stereocenters. The van der Waals surface area contributed by atoms with Gasteiger partial charge in [-0.15, -0.1) is 0 Å². The van der Waals surface area contributed by atoms with E-state index in [-0.39, 0.29) is 25.4 Å². The summed E-state index contributed by atoms with van der Waals surface area (Å²) < 4.78 is 34.3. The number of rotatable bonds is 2. The fourth-order valence-electron chi connectivity index (χ4n) is 4.54. The molecule has 2 heterocycles. The van der Waals surface area contributed by atoms with Gasteiger partial charge in [-0.1, -0.05) is 13.8 Å². The molecule has 0 amide bonds. The van der Waals surface area contributed by atoms with Crippen LogP contribution in [0.25, 0.3) is 11.1 Å². The van der Waals surface area contributed by atoms with Gasteiger partial charge in [0.1, 0.15) is 0 Å².